The Balaban J connectivity index is 1.85. The first-order valence-corrected chi connectivity index (χ1v) is 9.47. The van der Waals surface area contributed by atoms with Gasteiger partial charge in [0.1, 0.15) is 18.1 Å². The Morgan fingerprint density at radius 3 is 2.08 bits per heavy atom. The number of carbonyl (C=O) groups is 1. The van der Waals surface area contributed by atoms with Gasteiger partial charge >= 0.3 is 0 Å². The zero-order valence-corrected chi connectivity index (χ0v) is 16.8. The van der Waals surface area contributed by atoms with Crippen LogP contribution in [0.3, 0.4) is 0 Å². The molecule has 132 valence electrons. The molecule has 3 aromatic rings. The molecule has 6 heteroatoms. The van der Waals surface area contributed by atoms with E-state index in [-0.39, 0.29) is 0 Å². The molecule has 0 aliphatic heterocycles. The Morgan fingerprint density at radius 1 is 0.923 bits per heavy atom. The van der Waals surface area contributed by atoms with E-state index >= 15 is 0 Å². The Morgan fingerprint density at radius 2 is 1.54 bits per heavy atom. The lowest BCUT2D eigenvalue weighted by Crippen LogP contribution is -2.15. The molecule has 0 saturated carbocycles. The fraction of sp³-hybridized carbons (Fsp3) is 0.0500. The van der Waals surface area contributed by atoms with Crippen LogP contribution >= 0.6 is 31.9 Å². The quantitative estimate of drug-likeness (QED) is 0.317. The highest BCUT2D eigenvalue weighted by Crippen LogP contribution is 2.27. The number of nitrogens with one attached hydrogen (secondary N) is 2. The molecule has 0 fully saturated rings. The van der Waals surface area contributed by atoms with E-state index in [9.17, 15) is 4.79 Å². The fourth-order valence-electron chi connectivity index (χ4n) is 2.39. The molecule has 0 saturated heterocycles. The maximum absolute atomic E-state index is 11.8. The molecule has 0 unspecified atom stereocenters. The molecular formula is C20H16Br2N2O2. The number of hydrogen-bond donors (Lipinski definition) is 2. The average molecular weight is 476 g/mol. The monoisotopic (exact) mass is 474 g/mol. The molecule has 3 rings (SSSR count). The average Bonchev–Trinajstić information content (AvgIpc) is 3.18. The Hall–Kier alpha value is -2.31. The van der Waals surface area contributed by atoms with Crippen LogP contribution in [-0.2, 0) is 4.79 Å². The number of furan rings is 1. The number of benzene rings is 2. The third kappa shape index (κ3) is 4.86. The first-order chi connectivity index (χ1) is 12.7. The van der Waals surface area contributed by atoms with Crippen molar-refractivity contribution in [3.63, 3.8) is 0 Å². The van der Waals surface area contributed by atoms with E-state index in [1.54, 1.807) is 18.5 Å². The topological polar surface area (TPSA) is 54.3 Å². The summed E-state index contributed by atoms with van der Waals surface area (Å²) in [7, 11) is 0. The van der Waals surface area contributed by atoms with Crippen LogP contribution in [0.25, 0.3) is 0 Å². The molecule has 0 spiro atoms. The summed E-state index contributed by atoms with van der Waals surface area (Å²) in [5, 5.41) is 6.50. The number of rotatable bonds is 7. The van der Waals surface area contributed by atoms with Crippen LogP contribution in [0.4, 0.5) is 11.4 Å². The van der Waals surface area contributed by atoms with E-state index in [0.29, 0.717) is 11.3 Å². The van der Waals surface area contributed by atoms with Gasteiger partial charge < -0.3 is 15.1 Å². The molecule has 4 nitrogen and oxygen atoms in total. The van der Waals surface area contributed by atoms with Crippen LogP contribution in [0, 0.1) is 0 Å². The zero-order valence-electron chi connectivity index (χ0n) is 13.7. The van der Waals surface area contributed by atoms with Crippen molar-refractivity contribution >= 4 is 49.5 Å². The van der Waals surface area contributed by atoms with E-state index in [1.165, 1.54) is 0 Å². The van der Waals surface area contributed by atoms with Gasteiger partial charge in [-0.2, -0.15) is 0 Å². The largest absolute Gasteiger partial charge is 0.467 e. The summed E-state index contributed by atoms with van der Waals surface area (Å²) >= 11 is 6.83. The van der Waals surface area contributed by atoms with Gasteiger partial charge in [0.2, 0.25) is 0 Å². The maximum atomic E-state index is 11.8. The second kappa shape index (κ2) is 8.87. The minimum Gasteiger partial charge on any atom is -0.467 e. The number of halogens is 2. The molecule has 0 bridgehead atoms. The summed E-state index contributed by atoms with van der Waals surface area (Å²) in [6, 6.07) is 18.7. The second-order valence-corrected chi connectivity index (χ2v) is 7.34. The molecule has 0 aliphatic carbocycles. The van der Waals surface area contributed by atoms with Gasteiger partial charge in [-0.15, -0.1) is 0 Å². The smallest absolute Gasteiger partial charge is 0.150 e. The molecule has 0 aliphatic rings. The van der Waals surface area contributed by atoms with E-state index in [1.807, 2.05) is 54.6 Å². The third-order valence-electron chi connectivity index (χ3n) is 3.70. The summed E-state index contributed by atoms with van der Waals surface area (Å²) in [5.74, 6) is 0.656. The van der Waals surface area contributed by atoms with Gasteiger partial charge in [0.15, 0.2) is 0 Å². The van der Waals surface area contributed by atoms with Gasteiger partial charge in [-0.25, -0.2) is 0 Å². The standard InChI is InChI=1S/C20H16Br2N2O2/c21-15-3-7-17(8-4-15)23-12-14(13-25)20(19-2-1-11-26-19)24-18-9-5-16(22)6-10-18/h1-13,20,23-24H/b14-12+/t20-/m0/s1. The van der Waals surface area contributed by atoms with Gasteiger partial charge in [-0.3, -0.25) is 4.79 Å². The first-order valence-electron chi connectivity index (χ1n) is 7.88. The molecule has 0 amide bonds. The first kappa shape index (κ1) is 18.5. The minimum atomic E-state index is -0.411. The van der Waals surface area contributed by atoms with Gasteiger partial charge in [0.25, 0.3) is 0 Å². The molecule has 0 radical (unpaired) electrons. The predicted octanol–water partition coefficient (Wildman–Crippen LogP) is 6.15. The van der Waals surface area contributed by atoms with Crippen molar-refractivity contribution in [3.05, 3.63) is 93.4 Å². The SMILES string of the molecule is O=C/C(=C\Nc1ccc(Br)cc1)[C@H](Nc1ccc(Br)cc1)c1ccco1. The Labute approximate surface area is 168 Å². The number of aldehydes is 1. The van der Waals surface area contributed by atoms with Gasteiger partial charge in [0, 0.05) is 32.1 Å². The van der Waals surface area contributed by atoms with Crippen molar-refractivity contribution in [1.82, 2.24) is 0 Å². The van der Waals surface area contributed by atoms with Crippen LogP contribution in [0.5, 0.6) is 0 Å². The molecule has 2 N–H and O–H groups in total. The Kier molecular flexibility index (Phi) is 6.30. The normalized spacial score (nSPS) is 12.5. The maximum Gasteiger partial charge on any atom is 0.150 e. The lowest BCUT2D eigenvalue weighted by molar-refractivity contribution is -0.105. The molecule has 1 aromatic heterocycles. The van der Waals surface area contributed by atoms with Crippen LogP contribution in [-0.4, -0.2) is 6.29 Å². The van der Waals surface area contributed by atoms with Crippen molar-refractivity contribution < 1.29 is 9.21 Å². The van der Waals surface area contributed by atoms with Gasteiger partial charge in [-0.05, 0) is 60.7 Å². The minimum absolute atomic E-state index is 0.411. The summed E-state index contributed by atoms with van der Waals surface area (Å²) in [5.41, 5.74) is 2.28. The Bertz CT molecular complexity index is 873. The van der Waals surface area contributed by atoms with Crippen molar-refractivity contribution in [2.45, 2.75) is 6.04 Å². The zero-order chi connectivity index (χ0) is 18.4. The van der Waals surface area contributed by atoms with E-state index in [4.69, 9.17) is 4.42 Å². The van der Waals surface area contributed by atoms with Gasteiger partial charge in [-0.1, -0.05) is 31.9 Å². The summed E-state index contributed by atoms with van der Waals surface area (Å²) in [6.07, 6.45) is 4.11. The van der Waals surface area contributed by atoms with Crippen LogP contribution in [0.1, 0.15) is 11.8 Å². The number of carbonyl (C=O) groups excluding carboxylic acids is 1. The molecule has 26 heavy (non-hydrogen) atoms. The summed E-state index contributed by atoms with van der Waals surface area (Å²) < 4.78 is 7.52. The van der Waals surface area contributed by atoms with E-state index in [2.05, 4.69) is 42.5 Å². The predicted molar refractivity (Wildman–Crippen MR) is 111 cm³/mol. The number of anilines is 2. The highest BCUT2D eigenvalue weighted by atomic mass is 79.9. The van der Waals surface area contributed by atoms with Crippen molar-refractivity contribution in [2.75, 3.05) is 10.6 Å². The lowest BCUT2D eigenvalue weighted by Gasteiger charge is -2.18. The molecular weight excluding hydrogens is 460 g/mol. The van der Waals surface area contributed by atoms with Crippen LogP contribution < -0.4 is 10.6 Å². The summed E-state index contributed by atoms with van der Waals surface area (Å²) in [6.45, 7) is 0. The van der Waals surface area contributed by atoms with E-state index < -0.39 is 6.04 Å². The van der Waals surface area contributed by atoms with Crippen LogP contribution in [0.2, 0.25) is 0 Å². The van der Waals surface area contributed by atoms with Crippen molar-refractivity contribution in [3.8, 4) is 0 Å². The van der Waals surface area contributed by atoms with E-state index in [0.717, 1.165) is 26.6 Å². The van der Waals surface area contributed by atoms with Crippen molar-refractivity contribution in [2.24, 2.45) is 0 Å². The highest BCUT2D eigenvalue weighted by Gasteiger charge is 2.19. The second-order valence-electron chi connectivity index (χ2n) is 5.51. The lowest BCUT2D eigenvalue weighted by atomic mass is 10.1. The third-order valence-corrected chi connectivity index (χ3v) is 4.76. The highest BCUT2D eigenvalue weighted by molar-refractivity contribution is 9.10. The number of hydrogen-bond acceptors (Lipinski definition) is 4. The van der Waals surface area contributed by atoms with Crippen LogP contribution in [0.15, 0.2) is 92.1 Å². The summed E-state index contributed by atoms with van der Waals surface area (Å²) in [4.78, 5) is 11.8. The molecule has 2 aromatic carbocycles. The van der Waals surface area contributed by atoms with Crippen molar-refractivity contribution in [1.29, 1.82) is 0 Å². The molecule has 1 atom stereocenters. The van der Waals surface area contributed by atoms with Gasteiger partial charge in [0.05, 0.1) is 6.26 Å². The molecule has 1 heterocycles. The fourth-order valence-corrected chi connectivity index (χ4v) is 2.91.